The minimum absolute atomic E-state index is 0.0895. The van der Waals surface area contributed by atoms with Crippen LogP contribution in [0.25, 0.3) is 0 Å². The number of nitrogens with one attached hydrogen (secondary N) is 1. The van der Waals surface area contributed by atoms with E-state index in [-0.39, 0.29) is 11.8 Å². The van der Waals surface area contributed by atoms with Crippen molar-refractivity contribution in [1.29, 1.82) is 0 Å². The number of carbonyl (C=O) groups is 2. The second-order valence-electron chi connectivity index (χ2n) is 6.92. The maximum absolute atomic E-state index is 12.7. The summed E-state index contributed by atoms with van der Waals surface area (Å²) in [6.07, 6.45) is 1.39. The molecule has 3 aromatic rings. The quantitative estimate of drug-likeness (QED) is 0.671. The summed E-state index contributed by atoms with van der Waals surface area (Å²) < 4.78 is 5.77. The molecular formula is C24H22N2O3. The lowest BCUT2D eigenvalue weighted by molar-refractivity contribution is -0.117. The number of hydrogen-bond acceptors (Lipinski definition) is 3. The van der Waals surface area contributed by atoms with E-state index in [0.29, 0.717) is 36.6 Å². The van der Waals surface area contributed by atoms with Crippen molar-refractivity contribution >= 4 is 23.2 Å². The predicted molar refractivity (Wildman–Crippen MR) is 113 cm³/mol. The van der Waals surface area contributed by atoms with Gasteiger partial charge in [0.2, 0.25) is 5.91 Å². The van der Waals surface area contributed by atoms with E-state index < -0.39 is 0 Å². The highest BCUT2D eigenvalue weighted by Crippen LogP contribution is 2.29. The smallest absolute Gasteiger partial charge is 0.255 e. The van der Waals surface area contributed by atoms with E-state index in [1.807, 2.05) is 54.6 Å². The molecule has 1 heterocycles. The van der Waals surface area contributed by atoms with E-state index in [4.69, 9.17) is 4.74 Å². The van der Waals surface area contributed by atoms with Gasteiger partial charge in [-0.05, 0) is 48.4 Å². The van der Waals surface area contributed by atoms with Crippen molar-refractivity contribution in [2.75, 3.05) is 16.8 Å². The molecule has 146 valence electrons. The van der Waals surface area contributed by atoms with Crippen LogP contribution in [-0.4, -0.2) is 18.4 Å². The molecule has 0 aliphatic carbocycles. The number of rotatable bonds is 6. The average Bonchev–Trinajstić information content (AvgIpc) is 3.19. The van der Waals surface area contributed by atoms with Gasteiger partial charge in [0.1, 0.15) is 12.4 Å². The number of nitrogens with zero attached hydrogens (tertiary/aromatic N) is 1. The van der Waals surface area contributed by atoms with Gasteiger partial charge in [-0.1, -0.05) is 42.5 Å². The highest BCUT2D eigenvalue weighted by atomic mass is 16.5. The molecule has 5 nitrogen and oxygen atoms in total. The Bertz CT molecular complexity index is 1000. The fourth-order valence-electron chi connectivity index (χ4n) is 3.36. The zero-order valence-electron chi connectivity index (χ0n) is 16.0. The van der Waals surface area contributed by atoms with Gasteiger partial charge in [0.05, 0.1) is 11.4 Å². The van der Waals surface area contributed by atoms with Crippen molar-refractivity contribution in [2.24, 2.45) is 0 Å². The molecule has 4 rings (SSSR count). The zero-order valence-corrected chi connectivity index (χ0v) is 16.0. The van der Waals surface area contributed by atoms with E-state index >= 15 is 0 Å². The number of amides is 2. The fraction of sp³-hybridized carbons (Fsp3) is 0.167. The molecule has 1 N–H and O–H groups in total. The van der Waals surface area contributed by atoms with Crippen LogP contribution < -0.4 is 15.0 Å². The molecule has 0 spiro atoms. The molecular weight excluding hydrogens is 364 g/mol. The minimum atomic E-state index is -0.223. The second-order valence-corrected chi connectivity index (χ2v) is 6.92. The third-order valence-electron chi connectivity index (χ3n) is 4.88. The summed E-state index contributed by atoms with van der Waals surface area (Å²) in [5.41, 5.74) is 2.99. The number of anilines is 2. The van der Waals surface area contributed by atoms with Gasteiger partial charge in [0.25, 0.3) is 5.91 Å². The molecule has 2 amide bonds. The van der Waals surface area contributed by atoms with E-state index in [1.54, 1.807) is 29.2 Å². The maximum atomic E-state index is 12.7. The van der Waals surface area contributed by atoms with Crippen LogP contribution in [0.5, 0.6) is 5.75 Å². The van der Waals surface area contributed by atoms with Gasteiger partial charge in [-0.25, -0.2) is 0 Å². The van der Waals surface area contributed by atoms with Gasteiger partial charge in [-0.3, -0.25) is 9.59 Å². The Morgan fingerprint density at radius 2 is 1.66 bits per heavy atom. The third kappa shape index (κ3) is 4.46. The van der Waals surface area contributed by atoms with Gasteiger partial charge >= 0.3 is 0 Å². The zero-order chi connectivity index (χ0) is 20.1. The minimum Gasteiger partial charge on any atom is -0.489 e. The summed E-state index contributed by atoms with van der Waals surface area (Å²) in [5.74, 6) is 0.568. The Labute approximate surface area is 169 Å². The van der Waals surface area contributed by atoms with Gasteiger partial charge in [0, 0.05) is 18.5 Å². The van der Waals surface area contributed by atoms with Crippen LogP contribution in [0, 0.1) is 0 Å². The molecule has 5 heteroatoms. The van der Waals surface area contributed by atoms with Crippen LogP contribution in [0.3, 0.4) is 0 Å². The lowest BCUT2D eigenvalue weighted by atomic mass is 10.2. The van der Waals surface area contributed by atoms with Crippen LogP contribution in [0.1, 0.15) is 28.8 Å². The Hall–Kier alpha value is -3.60. The Kier molecular flexibility index (Phi) is 5.56. The molecule has 0 bridgehead atoms. The van der Waals surface area contributed by atoms with E-state index in [9.17, 15) is 9.59 Å². The number of hydrogen-bond donors (Lipinski definition) is 1. The number of benzene rings is 3. The van der Waals surface area contributed by atoms with Crippen LogP contribution in [0.2, 0.25) is 0 Å². The Morgan fingerprint density at radius 3 is 2.38 bits per heavy atom. The summed E-state index contributed by atoms with van der Waals surface area (Å²) in [4.78, 5) is 26.5. The predicted octanol–water partition coefficient (Wildman–Crippen LogP) is 4.64. The molecule has 29 heavy (non-hydrogen) atoms. The largest absolute Gasteiger partial charge is 0.489 e. The molecule has 1 aliphatic heterocycles. The molecule has 0 unspecified atom stereocenters. The van der Waals surface area contributed by atoms with Crippen molar-refractivity contribution in [3.63, 3.8) is 0 Å². The Morgan fingerprint density at radius 1 is 0.931 bits per heavy atom. The monoisotopic (exact) mass is 386 g/mol. The first-order chi connectivity index (χ1) is 14.2. The average molecular weight is 386 g/mol. The first-order valence-corrected chi connectivity index (χ1v) is 9.68. The van der Waals surface area contributed by atoms with Crippen LogP contribution in [0.4, 0.5) is 11.4 Å². The molecule has 0 aromatic heterocycles. The normalized spacial score (nSPS) is 13.4. The van der Waals surface area contributed by atoms with Gasteiger partial charge in [-0.2, -0.15) is 0 Å². The standard InChI is InChI=1S/C24H22N2O3/c27-23-11-6-16-26(23)22-10-5-4-9-21(22)25-24(28)19-12-14-20(15-13-19)29-17-18-7-2-1-3-8-18/h1-5,7-10,12-15H,6,11,16-17H2,(H,25,28). The summed E-state index contributed by atoms with van der Waals surface area (Å²) in [7, 11) is 0. The maximum Gasteiger partial charge on any atom is 0.255 e. The van der Waals surface area contributed by atoms with Crippen molar-refractivity contribution in [3.05, 3.63) is 90.0 Å². The van der Waals surface area contributed by atoms with Crippen LogP contribution in [0.15, 0.2) is 78.9 Å². The first-order valence-electron chi connectivity index (χ1n) is 9.68. The summed E-state index contributed by atoms with van der Waals surface area (Å²) in [6, 6.07) is 24.4. The molecule has 1 saturated heterocycles. The van der Waals surface area contributed by atoms with Crippen molar-refractivity contribution in [1.82, 2.24) is 0 Å². The molecule has 1 fully saturated rings. The van der Waals surface area contributed by atoms with Gasteiger partial charge in [-0.15, -0.1) is 0 Å². The second kappa shape index (κ2) is 8.61. The molecule has 3 aromatic carbocycles. The third-order valence-corrected chi connectivity index (χ3v) is 4.88. The van der Waals surface area contributed by atoms with E-state index in [1.165, 1.54) is 0 Å². The molecule has 0 saturated carbocycles. The van der Waals surface area contributed by atoms with Crippen molar-refractivity contribution in [2.45, 2.75) is 19.4 Å². The topological polar surface area (TPSA) is 58.6 Å². The number of ether oxygens (including phenoxy) is 1. The highest BCUT2D eigenvalue weighted by molar-refractivity contribution is 6.08. The summed E-state index contributed by atoms with van der Waals surface area (Å²) in [6.45, 7) is 1.16. The highest BCUT2D eigenvalue weighted by Gasteiger charge is 2.24. The molecule has 1 aliphatic rings. The van der Waals surface area contributed by atoms with E-state index in [0.717, 1.165) is 17.7 Å². The van der Waals surface area contributed by atoms with Crippen LogP contribution in [-0.2, 0) is 11.4 Å². The van der Waals surface area contributed by atoms with Crippen LogP contribution >= 0.6 is 0 Å². The lowest BCUT2D eigenvalue weighted by Gasteiger charge is -2.20. The van der Waals surface area contributed by atoms with Crippen molar-refractivity contribution in [3.8, 4) is 5.75 Å². The fourth-order valence-corrected chi connectivity index (χ4v) is 3.36. The number of carbonyl (C=O) groups excluding carboxylic acids is 2. The molecule has 0 radical (unpaired) electrons. The van der Waals surface area contributed by atoms with Gasteiger partial charge < -0.3 is 15.0 Å². The summed E-state index contributed by atoms with van der Waals surface area (Å²) in [5, 5.41) is 2.93. The van der Waals surface area contributed by atoms with Crippen molar-refractivity contribution < 1.29 is 14.3 Å². The number of para-hydroxylation sites is 2. The van der Waals surface area contributed by atoms with E-state index in [2.05, 4.69) is 5.32 Å². The Balaban J connectivity index is 1.42. The summed E-state index contributed by atoms with van der Waals surface area (Å²) >= 11 is 0. The molecule has 0 atom stereocenters. The van der Waals surface area contributed by atoms with Gasteiger partial charge in [0.15, 0.2) is 0 Å². The first kappa shape index (κ1) is 18.7. The lowest BCUT2D eigenvalue weighted by Crippen LogP contribution is -2.25. The SMILES string of the molecule is O=C(Nc1ccccc1N1CCCC1=O)c1ccc(OCc2ccccc2)cc1.